The summed E-state index contributed by atoms with van der Waals surface area (Å²) in [6.07, 6.45) is 2.69. The molecule has 0 aromatic heterocycles. The Morgan fingerprint density at radius 3 is 2.22 bits per heavy atom. The quantitative estimate of drug-likeness (QED) is 0.652. The normalized spacial score (nSPS) is 10.6. The van der Waals surface area contributed by atoms with Crippen molar-refractivity contribution in [3.63, 3.8) is 0 Å². The lowest BCUT2D eigenvalue weighted by Gasteiger charge is -2.13. The minimum atomic E-state index is -0.101. The van der Waals surface area contributed by atoms with Gasteiger partial charge in [-0.05, 0) is 30.7 Å². The summed E-state index contributed by atoms with van der Waals surface area (Å²) < 4.78 is 15.9. The molecule has 0 saturated heterocycles. The van der Waals surface area contributed by atoms with Crippen LogP contribution in [0.25, 0.3) is 11.1 Å². The number of hydrogen-bond acceptors (Lipinski definition) is 5. The molecule has 0 aliphatic heterocycles. The predicted molar refractivity (Wildman–Crippen MR) is 87.1 cm³/mol. The van der Waals surface area contributed by atoms with E-state index in [1.54, 1.807) is 18.2 Å². The largest absolute Gasteiger partial charge is 0.502 e. The smallest absolute Gasteiger partial charge is 0.200 e. The molecule has 5 heteroatoms. The first kappa shape index (κ1) is 16.4. The van der Waals surface area contributed by atoms with Gasteiger partial charge in [0.15, 0.2) is 17.3 Å². The van der Waals surface area contributed by atoms with Gasteiger partial charge in [-0.1, -0.05) is 18.2 Å². The maximum atomic E-state index is 11.0. The van der Waals surface area contributed by atoms with E-state index in [0.29, 0.717) is 17.2 Å². The van der Waals surface area contributed by atoms with E-state index in [4.69, 9.17) is 14.2 Å². The molecule has 2 aromatic rings. The monoisotopic (exact) mass is 314 g/mol. The van der Waals surface area contributed by atoms with E-state index in [-0.39, 0.29) is 11.5 Å². The fourth-order valence-electron chi connectivity index (χ4n) is 2.06. The summed E-state index contributed by atoms with van der Waals surface area (Å²) in [6.45, 7) is 1.45. The van der Waals surface area contributed by atoms with Gasteiger partial charge in [0.05, 0.1) is 20.5 Å². The van der Waals surface area contributed by atoms with Gasteiger partial charge in [-0.2, -0.15) is 0 Å². The van der Waals surface area contributed by atoms with Crippen molar-refractivity contribution in [2.45, 2.75) is 6.92 Å². The van der Waals surface area contributed by atoms with Crippen LogP contribution in [0.5, 0.6) is 23.0 Å². The predicted octanol–water partition coefficient (Wildman–Crippen LogP) is 3.56. The highest BCUT2D eigenvalue weighted by atomic mass is 16.5. The van der Waals surface area contributed by atoms with E-state index in [1.165, 1.54) is 33.5 Å². The molecule has 1 N–H and O–H groups in total. The molecule has 0 fully saturated rings. The number of ether oxygens (including phenoxy) is 3. The minimum absolute atomic E-state index is 0.0615. The zero-order valence-corrected chi connectivity index (χ0v) is 13.2. The van der Waals surface area contributed by atoms with Gasteiger partial charge in [-0.3, -0.25) is 4.79 Å². The van der Waals surface area contributed by atoms with Crippen LogP contribution >= 0.6 is 0 Å². The third-order valence-corrected chi connectivity index (χ3v) is 3.18. The van der Waals surface area contributed by atoms with Gasteiger partial charge in [0.25, 0.3) is 0 Å². The number of phenolic OH excluding ortho intramolecular Hbond substituents is 1. The maximum absolute atomic E-state index is 11.0. The summed E-state index contributed by atoms with van der Waals surface area (Å²) in [5.74, 6) is 1.01. The van der Waals surface area contributed by atoms with Crippen LogP contribution in [0.15, 0.2) is 48.7 Å². The van der Waals surface area contributed by atoms with Crippen LogP contribution in [0, 0.1) is 0 Å². The highest BCUT2D eigenvalue weighted by Gasteiger charge is 2.14. The van der Waals surface area contributed by atoms with Gasteiger partial charge < -0.3 is 19.3 Å². The molecule has 0 atom stereocenters. The molecule has 2 aromatic carbocycles. The molecule has 23 heavy (non-hydrogen) atoms. The Hall–Kier alpha value is -2.95. The Bertz CT molecular complexity index is 709. The average Bonchev–Trinajstić information content (AvgIpc) is 2.55. The molecule has 0 aliphatic rings. The Kier molecular flexibility index (Phi) is 5.25. The number of aromatic hydroxyl groups is 1. The van der Waals surface area contributed by atoms with Crippen molar-refractivity contribution in [3.05, 3.63) is 48.7 Å². The van der Waals surface area contributed by atoms with Crippen molar-refractivity contribution in [1.82, 2.24) is 0 Å². The lowest BCUT2D eigenvalue weighted by molar-refractivity contribution is -0.112. The number of allylic oxidation sites excluding steroid dienone is 1. The van der Waals surface area contributed by atoms with Crippen molar-refractivity contribution < 1.29 is 24.1 Å². The van der Waals surface area contributed by atoms with Gasteiger partial charge in [-0.25, -0.2) is 0 Å². The van der Waals surface area contributed by atoms with E-state index >= 15 is 0 Å². The first-order valence-electron chi connectivity index (χ1n) is 6.95. The first-order valence-corrected chi connectivity index (χ1v) is 6.95. The van der Waals surface area contributed by atoms with Gasteiger partial charge in [-0.15, -0.1) is 0 Å². The Balaban J connectivity index is 2.48. The van der Waals surface area contributed by atoms with E-state index in [1.807, 2.05) is 18.2 Å². The van der Waals surface area contributed by atoms with Crippen molar-refractivity contribution in [2.75, 3.05) is 14.2 Å². The van der Waals surface area contributed by atoms with E-state index in [0.717, 1.165) is 11.1 Å². The van der Waals surface area contributed by atoms with E-state index in [2.05, 4.69) is 0 Å². The number of para-hydroxylation sites is 1. The van der Waals surface area contributed by atoms with E-state index < -0.39 is 0 Å². The molecule has 120 valence electrons. The topological polar surface area (TPSA) is 65.0 Å². The maximum Gasteiger partial charge on any atom is 0.200 e. The minimum Gasteiger partial charge on any atom is -0.502 e. The molecule has 0 spiro atoms. The lowest BCUT2D eigenvalue weighted by atomic mass is 10.0. The molecule has 0 unspecified atom stereocenters. The van der Waals surface area contributed by atoms with Crippen LogP contribution in [0.4, 0.5) is 0 Å². The number of rotatable bonds is 6. The summed E-state index contributed by atoms with van der Waals surface area (Å²) in [7, 11) is 2.94. The van der Waals surface area contributed by atoms with Gasteiger partial charge in [0, 0.05) is 11.6 Å². The fourth-order valence-corrected chi connectivity index (χ4v) is 2.06. The molecule has 0 heterocycles. The standard InChI is InChI=1S/C18H18O5/c1-12(19)8-9-23-15-7-5-4-6-14(15)13-10-16(21-2)18(20)17(11-13)22-3/h4-11,20H,1-3H3/b9-8+. The average molecular weight is 314 g/mol. The van der Waals surface area contributed by atoms with Gasteiger partial charge in [0.2, 0.25) is 5.75 Å². The summed E-state index contributed by atoms with van der Waals surface area (Å²) in [5.41, 5.74) is 1.53. The second kappa shape index (κ2) is 7.35. The summed E-state index contributed by atoms with van der Waals surface area (Å²) in [5, 5.41) is 10.0. The number of phenols is 1. The number of hydrogen-bond donors (Lipinski definition) is 1. The van der Waals surface area contributed by atoms with Crippen molar-refractivity contribution >= 4 is 5.78 Å². The zero-order valence-electron chi connectivity index (χ0n) is 13.2. The van der Waals surface area contributed by atoms with Crippen LogP contribution in [0.1, 0.15) is 6.92 Å². The molecule has 0 amide bonds. The third-order valence-electron chi connectivity index (χ3n) is 3.18. The summed E-state index contributed by atoms with van der Waals surface area (Å²) >= 11 is 0. The highest BCUT2D eigenvalue weighted by molar-refractivity contribution is 5.87. The van der Waals surface area contributed by atoms with Crippen LogP contribution in [0.2, 0.25) is 0 Å². The highest BCUT2D eigenvalue weighted by Crippen LogP contribution is 2.42. The van der Waals surface area contributed by atoms with Crippen LogP contribution in [-0.2, 0) is 4.79 Å². The summed E-state index contributed by atoms with van der Waals surface area (Å²) in [4.78, 5) is 11.0. The molecule has 0 bridgehead atoms. The molecule has 0 saturated carbocycles. The summed E-state index contributed by atoms with van der Waals surface area (Å²) in [6, 6.07) is 10.7. The SMILES string of the molecule is COc1cc(-c2ccccc2O/C=C/C(C)=O)cc(OC)c1O. The third kappa shape index (κ3) is 3.83. The molecule has 5 nitrogen and oxygen atoms in total. The van der Waals surface area contributed by atoms with Crippen LogP contribution in [0.3, 0.4) is 0 Å². The Morgan fingerprint density at radius 1 is 1.04 bits per heavy atom. The fraction of sp³-hybridized carbons (Fsp3) is 0.167. The second-order valence-electron chi connectivity index (χ2n) is 4.76. The number of ketones is 1. The molecule has 0 radical (unpaired) electrons. The molecule has 2 rings (SSSR count). The van der Waals surface area contributed by atoms with Crippen molar-refractivity contribution in [2.24, 2.45) is 0 Å². The molecular formula is C18H18O5. The lowest BCUT2D eigenvalue weighted by Crippen LogP contribution is -1.93. The van der Waals surface area contributed by atoms with E-state index in [9.17, 15) is 9.90 Å². The van der Waals surface area contributed by atoms with Crippen LogP contribution in [-0.4, -0.2) is 25.1 Å². The van der Waals surface area contributed by atoms with Crippen molar-refractivity contribution in [1.29, 1.82) is 0 Å². The van der Waals surface area contributed by atoms with Gasteiger partial charge in [0.1, 0.15) is 5.75 Å². The number of carbonyl (C=O) groups excluding carboxylic acids is 1. The van der Waals surface area contributed by atoms with Gasteiger partial charge >= 0.3 is 0 Å². The van der Waals surface area contributed by atoms with Crippen LogP contribution < -0.4 is 14.2 Å². The molecule has 0 aliphatic carbocycles. The van der Waals surface area contributed by atoms with Crippen molar-refractivity contribution in [3.8, 4) is 34.1 Å². The Morgan fingerprint density at radius 2 is 1.65 bits per heavy atom. The zero-order chi connectivity index (χ0) is 16.8. The number of carbonyl (C=O) groups is 1. The first-order chi connectivity index (χ1) is 11.1. The molecular weight excluding hydrogens is 296 g/mol. The number of benzene rings is 2. The number of methoxy groups -OCH3 is 2. The second-order valence-corrected chi connectivity index (χ2v) is 4.76. The Labute approximate surface area is 134 Å².